The lowest BCUT2D eigenvalue weighted by Crippen LogP contribution is -2.48. The molecule has 0 bridgehead atoms. The molecule has 3 aromatic rings. The molecule has 1 amide bonds. The van der Waals surface area contributed by atoms with Crippen molar-refractivity contribution in [3.05, 3.63) is 59.5 Å². The summed E-state index contributed by atoms with van der Waals surface area (Å²) in [5.74, 6) is -0.641. The molecule has 2 aliphatic heterocycles. The summed E-state index contributed by atoms with van der Waals surface area (Å²) in [4.78, 5) is 25.9. The maximum Gasteiger partial charge on any atom is 0.251 e. The minimum absolute atomic E-state index is 0.155. The minimum atomic E-state index is -0.537. The van der Waals surface area contributed by atoms with Crippen molar-refractivity contribution < 1.29 is 9.18 Å². The molecule has 2 aliphatic rings. The first kappa shape index (κ1) is 22.3. The molecule has 0 spiro atoms. The highest BCUT2D eigenvalue weighted by molar-refractivity contribution is 5.97. The molecule has 1 aromatic heterocycles. The van der Waals surface area contributed by atoms with Crippen molar-refractivity contribution in [2.24, 2.45) is 0 Å². The smallest absolute Gasteiger partial charge is 0.251 e. The number of hydrogen-bond donors (Lipinski definition) is 2. The highest BCUT2D eigenvalue weighted by atomic mass is 19.1. The quantitative estimate of drug-likeness (QED) is 0.621. The number of nitrogens with two attached hydrogens (primary N) is 1. The minimum Gasteiger partial charge on any atom is -0.382 e. The van der Waals surface area contributed by atoms with Crippen LogP contribution in [0.2, 0.25) is 0 Å². The van der Waals surface area contributed by atoms with Gasteiger partial charge in [-0.25, -0.2) is 14.4 Å². The number of amides is 1. The topological polar surface area (TPSA) is 87.4 Å². The van der Waals surface area contributed by atoms with Gasteiger partial charge in [-0.05, 0) is 50.1 Å². The van der Waals surface area contributed by atoms with Crippen molar-refractivity contribution in [2.75, 3.05) is 43.4 Å². The zero-order valence-corrected chi connectivity index (χ0v) is 19.5. The van der Waals surface area contributed by atoms with Crippen LogP contribution < -0.4 is 16.0 Å². The third-order valence-electron chi connectivity index (χ3n) is 6.75. The van der Waals surface area contributed by atoms with Crippen LogP contribution in [0.1, 0.15) is 29.8 Å². The van der Waals surface area contributed by atoms with Crippen LogP contribution in [0.25, 0.3) is 22.5 Å². The molecule has 1 fully saturated rings. The predicted octanol–water partition coefficient (Wildman–Crippen LogP) is 3.35. The highest BCUT2D eigenvalue weighted by Crippen LogP contribution is 2.31. The van der Waals surface area contributed by atoms with Gasteiger partial charge in [-0.15, -0.1) is 0 Å². The summed E-state index contributed by atoms with van der Waals surface area (Å²) >= 11 is 0. The summed E-state index contributed by atoms with van der Waals surface area (Å²) in [6.07, 6.45) is 2.24. The van der Waals surface area contributed by atoms with Crippen LogP contribution in [0.3, 0.4) is 0 Å². The van der Waals surface area contributed by atoms with Crippen LogP contribution in [0, 0.1) is 5.82 Å². The Morgan fingerprint density at radius 2 is 1.79 bits per heavy atom. The average molecular weight is 461 g/mol. The van der Waals surface area contributed by atoms with E-state index in [0.29, 0.717) is 30.3 Å². The van der Waals surface area contributed by atoms with E-state index in [1.165, 1.54) is 11.8 Å². The van der Waals surface area contributed by atoms with Crippen molar-refractivity contribution in [1.29, 1.82) is 0 Å². The SMILES string of the molecule is CC(C)N1CCN(c2ccc(-c3cnc(N)c(-c4cc5c(cc4F)C(=O)NCC5)n3)cc2)CC1. The number of aromatic nitrogens is 2. The van der Waals surface area contributed by atoms with E-state index < -0.39 is 5.82 Å². The zero-order valence-electron chi connectivity index (χ0n) is 19.5. The molecule has 0 aliphatic carbocycles. The van der Waals surface area contributed by atoms with E-state index in [0.717, 1.165) is 37.3 Å². The molecule has 7 nitrogen and oxygen atoms in total. The third-order valence-corrected chi connectivity index (χ3v) is 6.75. The molecule has 0 atom stereocenters. The largest absolute Gasteiger partial charge is 0.382 e. The number of halogens is 1. The first-order chi connectivity index (χ1) is 16.4. The fourth-order valence-corrected chi connectivity index (χ4v) is 4.70. The van der Waals surface area contributed by atoms with Gasteiger partial charge in [0, 0.05) is 61.1 Å². The van der Waals surface area contributed by atoms with E-state index >= 15 is 0 Å². The maximum atomic E-state index is 15.0. The Balaban J connectivity index is 1.41. The highest BCUT2D eigenvalue weighted by Gasteiger charge is 2.22. The lowest BCUT2D eigenvalue weighted by molar-refractivity contribution is 0.0945. The Bertz CT molecular complexity index is 1220. The number of nitrogens with zero attached hydrogens (tertiary/aromatic N) is 4. The Labute approximate surface area is 198 Å². The fourth-order valence-electron chi connectivity index (χ4n) is 4.70. The second kappa shape index (κ2) is 9.02. The average Bonchev–Trinajstić information content (AvgIpc) is 2.85. The van der Waals surface area contributed by atoms with Crippen LogP contribution in [-0.2, 0) is 6.42 Å². The number of benzene rings is 2. The Kier molecular flexibility index (Phi) is 5.91. The van der Waals surface area contributed by atoms with Gasteiger partial charge in [-0.1, -0.05) is 12.1 Å². The van der Waals surface area contributed by atoms with Gasteiger partial charge in [-0.3, -0.25) is 9.69 Å². The summed E-state index contributed by atoms with van der Waals surface area (Å²) in [5, 5.41) is 2.74. The van der Waals surface area contributed by atoms with E-state index in [2.05, 4.69) is 51.1 Å². The number of nitrogens with one attached hydrogen (secondary N) is 1. The monoisotopic (exact) mass is 460 g/mol. The summed E-state index contributed by atoms with van der Waals surface area (Å²) in [7, 11) is 0. The van der Waals surface area contributed by atoms with Crippen LogP contribution >= 0.6 is 0 Å². The summed E-state index contributed by atoms with van der Waals surface area (Å²) < 4.78 is 15.0. The lowest BCUT2D eigenvalue weighted by Gasteiger charge is -2.38. The first-order valence-corrected chi connectivity index (χ1v) is 11.7. The number of hydrogen-bond acceptors (Lipinski definition) is 6. The summed E-state index contributed by atoms with van der Waals surface area (Å²) in [6, 6.07) is 11.7. The molecular formula is C26H29FN6O. The number of anilines is 2. The Morgan fingerprint density at radius 3 is 2.50 bits per heavy atom. The normalized spacial score (nSPS) is 16.5. The van der Waals surface area contributed by atoms with Gasteiger partial charge in [0.25, 0.3) is 5.91 Å². The Morgan fingerprint density at radius 1 is 1.06 bits per heavy atom. The van der Waals surface area contributed by atoms with E-state index in [9.17, 15) is 9.18 Å². The second-order valence-electron chi connectivity index (χ2n) is 9.15. The molecular weight excluding hydrogens is 431 g/mol. The van der Waals surface area contributed by atoms with E-state index in [1.807, 2.05) is 12.1 Å². The van der Waals surface area contributed by atoms with Gasteiger partial charge in [0.1, 0.15) is 17.3 Å². The van der Waals surface area contributed by atoms with E-state index in [-0.39, 0.29) is 23.0 Å². The number of fused-ring (bicyclic) bond motifs is 1. The molecule has 176 valence electrons. The van der Waals surface area contributed by atoms with Crippen molar-refractivity contribution in [3.8, 4) is 22.5 Å². The molecule has 3 N–H and O–H groups in total. The predicted molar refractivity (Wildman–Crippen MR) is 132 cm³/mol. The molecule has 5 rings (SSSR count). The molecule has 0 saturated carbocycles. The van der Waals surface area contributed by atoms with Crippen LogP contribution in [-0.4, -0.2) is 59.5 Å². The van der Waals surface area contributed by atoms with Gasteiger partial charge >= 0.3 is 0 Å². The summed E-state index contributed by atoms with van der Waals surface area (Å²) in [6.45, 7) is 9.10. The number of nitrogen functional groups attached to an aromatic ring is 1. The first-order valence-electron chi connectivity index (χ1n) is 11.7. The lowest BCUT2D eigenvalue weighted by atomic mass is 9.96. The molecule has 1 saturated heterocycles. The maximum absolute atomic E-state index is 15.0. The third kappa shape index (κ3) is 4.21. The number of carbonyl (C=O) groups is 1. The van der Waals surface area contributed by atoms with Crippen LogP contribution in [0.4, 0.5) is 15.9 Å². The zero-order chi connectivity index (χ0) is 23.8. The van der Waals surface area contributed by atoms with E-state index in [4.69, 9.17) is 5.73 Å². The Hall–Kier alpha value is -3.52. The van der Waals surface area contributed by atoms with Gasteiger partial charge in [0.05, 0.1) is 11.9 Å². The van der Waals surface area contributed by atoms with Crippen LogP contribution in [0.15, 0.2) is 42.6 Å². The second-order valence-corrected chi connectivity index (χ2v) is 9.15. The van der Waals surface area contributed by atoms with Crippen LogP contribution in [0.5, 0.6) is 0 Å². The molecule has 8 heteroatoms. The van der Waals surface area contributed by atoms with Gasteiger partial charge in [-0.2, -0.15) is 0 Å². The van der Waals surface area contributed by atoms with Crippen molar-refractivity contribution >= 4 is 17.4 Å². The van der Waals surface area contributed by atoms with Gasteiger partial charge < -0.3 is 16.0 Å². The van der Waals surface area contributed by atoms with Crippen molar-refractivity contribution in [3.63, 3.8) is 0 Å². The number of piperazine rings is 1. The van der Waals surface area contributed by atoms with Crippen molar-refractivity contribution in [2.45, 2.75) is 26.3 Å². The standard InChI is InChI=1S/C26H29FN6O/c1-16(2)32-9-11-33(12-10-32)19-5-3-17(4-6-19)23-15-30-25(28)24(31-23)21-13-18-7-8-29-26(34)20(18)14-22(21)27/h3-6,13-16H,7-12H2,1-2H3,(H2,28,30)(H,29,34). The van der Waals surface area contributed by atoms with Gasteiger partial charge in [0.15, 0.2) is 0 Å². The molecule has 0 unspecified atom stereocenters. The number of rotatable bonds is 4. The molecule has 0 radical (unpaired) electrons. The van der Waals surface area contributed by atoms with Gasteiger partial charge in [0.2, 0.25) is 0 Å². The molecule has 34 heavy (non-hydrogen) atoms. The summed E-state index contributed by atoms with van der Waals surface area (Å²) in [5.41, 5.74) is 10.5. The molecule has 2 aromatic carbocycles. The van der Waals surface area contributed by atoms with E-state index in [1.54, 1.807) is 12.3 Å². The number of carbonyl (C=O) groups excluding carboxylic acids is 1. The fraction of sp³-hybridized carbons (Fsp3) is 0.346. The van der Waals surface area contributed by atoms with Crippen molar-refractivity contribution in [1.82, 2.24) is 20.2 Å². The molecule has 3 heterocycles.